The third kappa shape index (κ3) is 4.99. The quantitative estimate of drug-likeness (QED) is 0.890. The van der Waals surface area contributed by atoms with E-state index in [9.17, 15) is 8.42 Å². The zero-order valence-corrected chi connectivity index (χ0v) is 13.2. The summed E-state index contributed by atoms with van der Waals surface area (Å²) >= 11 is 0. The monoisotopic (exact) mass is 303 g/mol. The SMILES string of the molecule is Cc1cccc(CS(=O)(=O)NC[C@H](C)c2ccccc2)c1. The number of rotatable bonds is 6. The van der Waals surface area contributed by atoms with Crippen molar-refractivity contribution < 1.29 is 8.42 Å². The van der Waals surface area contributed by atoms with Crippen LogP contribution in [-0.4, -0.2) is 15.0 Å². The topological polar surface area (TPSA) is 46.2 Å². The van der Waals surface area contributed by atoms with Crippen LogP contribution in [0.3, 0.4) is 0 Å². The largest absolute Gasteiger partial charge is 0.215 e. The second-order valence-corrected chi connectivity index (χ2v) is 7.22. The van der Waals surface area contributed by atoms with Gasteiger partial charge in [-0.2, -0.15) is 0 Å². The third-order valence-corrected chi connectivity index (χ3v) is 4.74. The van der Waals surface area contributed by atoms with Crippen molar-refractivity contribution in [1.82, 2.24) is 4.72 Å². The average Bonchev–Trinajstić information content (AvgIpc) is 2.45. The lowest BCUT2D eigenvalue weighted by molar-refractivity contribution is 0.574. The van der Waals surface area contributed by atoms with Crippen molar-refractivity contribution in [3.63, 3.8) is 0 Å². The summed E-state index contributed by atoms with van der Waals surface area (Å²) in [5.74, 6) is 0.175. The molecule has 0 saturated carbocycles. The zero-order valence-electron chi connectivity index (χ0n) is 12.4. The van der Waals surface area contributed by atoms with Gasteiger partial charge in [-0.3, -0.25) is 0 Å². The molecule has 0 aliphatic carbocycles. The van der Waals surface area contributed by atoms with Crippen molar-refractivity contribution in [2.24, 2.45) is 0 Å². The van der Waals surface area contributed by atoms with E-state index in [-0.39, 0.29) is 11.7 Å². The van der Waals surface area contributed by atoms with E-state index < -0.39 is 10.0 Å². The number of hydrogen-bond donors (Lipinski definition) is 1. The fourth-order valence-corrected chi connectivity index (χ4v) is 3.45. The van der Waals surface area contributed by atoms with Crippen LogP contribution in [-0.2, 0) is 15.8 Å². The van der Waals surface area contributed by atoms with Gasteiger partial charge in [-0.1, -0.05) is 67.1 Å². The minimum absolute atomic E-state index is 0.0240. The summed E-state index contributed by atoms with van der Waals surface area (Å²) < 4.78 is 27.0. The minimum Gasteiger partial charge on any atom is -0.214 e. The first-order valence-corrected chi connectivity index (χ1v) is 8.69. The molecule has 2 aromatic carbocycles. The molecule has 2 aromatic rings. The Labute approximate surface area is 127 Å². The molecule has 0 unspecified atom stereocenters. The van der Waals surface area contributed by atoms with E-state index in [1.165, 1.54) is 0 Å². The normalized spacial score (nSPS) is 13.0. The molecule has 0 aromatic heterocycles. The van der Waals surface area contributed by atoms with Gasteiger partial charge in [0.2, 0.25) is 10.0 Å². The van der Waals surface area contributed by atoms with Gasteiger partial charge < -0.3 is 0 Å². The third-order valence-electron chi connectivity index (χ3n) is 3.42. The standard InChI is InChI=1S/C17H21NO2S/c1-14-7-6-8-16(11-14)13-21(19,20)18-12-15(2)17-9-4-3-5-10-17/h3-11,15,18H,12-13H2,1-2H3/t15-/m0/s1. The first-order chi connectivity index (χ1) is 9.96. The fourth-order valence-electron chi connectivity index (χ4n) is 2.22. The second-order valence-electron chi connectivity index (χ2n) is 5.41. The summed E-state index contributed by atoms with van der Waals surface area (Å²) in [5, 5.41) is 0. The highest BCUT2D eigenvalue weighted by molar-refractivity contribution is 7.88. The van der Waals surface area contributed by atoms with Gasteiger partial charge in [0, 0.05) is 6.54 Å². The molecule has 0 spiro atoms. The molecular formula is C17H21NO2S. The molecule has 0 heterocycles. The Morgan fingerprint density at radius 2 is 1.76 bits per heavy atom. The Hall–Kier alpha value is -1.65. The predicted octanol–water partition coefficient (Wildman–Crippen LogP) is 3.22. The molecule has 0 fully saturated rings. The van der Waals surface area contributed by atoms with Gasteiger partial charge in [0.25, 0.3) is 0 Å². The molecule has 21 heavy (non-hydrogen) atoms. The molecule has 1 atom stereocenters. The van der Waals surface area contributed by atoms with Crippen molar-refractivity contribution in [3.05, 3.63) is 71.3 Å². The summed E-state index contributed by atoms with van der Waals surface area (Å²) in [7, 11) is -3.30. The number of sulfonamides is 1. The number of benzene rings is 2. The lowest BCUT2D eigenvalue weighted by Crippen LogP contribution is -2.28. The Balaban J connectivity index is 1.95. The van der Waals surface area contributed by atoms with Gasteiger partial charge in [0.1, 0.15) is 0 Å². The van der Waals surface area contributed by atoms with Gasteiger partial charge in [0.15, 0.2) is 0 Å². The van der Waals surface area contributed by atoms with Crippen LogP contribution in [0, 0.1) is 6.92 Å². The van der Waals surface area contributed by atoms with Crippen LogP contribution >= 0.6 is 0 Å². The van der Waals surface area contributed by atoms with Crippen molar-refractivity contribution >= 4 is 10.0 Å². The molecule has 112 valence electrons. The zero-order chi connectivity index (χ0) is 15.3. The average molecular weight is 303 g/mol. The van der Waals surface area contributed by atoms with E-state index in [1.54, 1.807) is 0 Å². The molecule has 0 aliphatic rings. The van der Waals surface area contributed by atoms with Gasteiger partial charge in [-0.25, -0.2) is 13.1 Å². The Morgan fingerprint density at radius 1 is 1.05 bits per heavy atom. The second kappa shape index (κ2) is 6.87. The Bertz CT molecular complexity index is 681. The molecule has 0 bridgehead atoms. The molecule has 3 nitrogen and oxygen atoms in total. The summed E-state index contributed by atoms with van der Waals surface area (Å²) in [6.07, 6.45) is 0. The molecule has 0 amide bonds. The van der Waals surface area contributed by atoms with E-state index in [0.717, 1.165) is 16.7 Å². The van der Waals surface area contributed by atoms with Crippen LogP contribution in [0.15, 0.2) is 54.6 Å². The van der Waals surface area contributed by atoms with E-state index in [1.807, 2.05) is 68.4 Å². The molecule has 0 radical (unpaired) electrons. The first kappa shape index (κ1) is 15.7. The lowest BCUT2D eigenvalue weighted by Gasteiger charge is -2.13. The van der Waals surface area contributed by atoms with Crippen LogP contribution < -0.4 is 4.72 Å². The molecule has 4 heteroatoms. The first-order valence-electron chi connectivity index (χ1n) is 7.04. The van der Waals surface area contributed by atoms with Crippen molar-refractivity contribution in [2.45, 2.75) is 25.5 Å². The van der Waals surface area contributed by atoms with Crippen LogP contribution in [0.4, 0.5) is 0 Å². The van der Waals surface area contributed by atoms with E-state index in [4.69, 9.17) is 0 Å². The predicted molar refractivity (Wildman–Crippen MR) is 86.7 cm³/mol. The summed E-state index contributed by atoms with van der Waals surface area (Å²) in [6.45, 7) is 4.39. The highest BCUT2D eigenvalue weighted by Crippen LogP contribution is 2.14. The highest BCUT2D eigenvalue weighted by Gasteiger charge is 2.14. The van der Waals surface area contributed by atoms with Crippen molar-refractivity contribution in [2.75, 3.05) is 6.54 Å². The summed E-state index contributed by atoms with van der Waals surface area (Å²) in [4.78, 5) is 0. The van der Waals surface area contributed by atoms with Gasteiger partial charge in [-0.05, 0) is 24.0 Å². The summed E-state index contributed by atoms with van der Waals surface area (Å²) in [5.41, 5.74) is 3.02. The van der Waals surface area contributed by atoms with E-state index in [0.29, 0.717) is 6.54 Å². The van der Waals surface area contributed by atoms with Crippen LogP contribution in [0.2, 0.25) is 0 Å². The van der Waals surface area contributed by atoms with Gasteiger partial charge in [0.05, 0.1) is 5.75 Å². The maximum atomic E-state index is 12.1. The van der Waals surface area contributed by atoms with Crippen molar-refractivity contribution in [3.8, 4) is 0 Å². The molecule has 0 saturated heterocycles. The Kier molecular flexibility index (Phi) is 5.15. The molecule has 1 N–H and O–H groups in total. The number of aryl methyl sites for hydroxylation is 1. The van der Waals surface area contributed by atoms with Gasteiger partial charge in [-0.15, -0.1) is 0 Å². The van der Waals surface area contributed by atoms with E-state index >= 15 is 0 Å². The lowest BCUT2D eigenvalue weighted by atomic mass is 10.0. The molecule has 0 aliphatic heterocycles. The molecule has 2 rings (SSSR count). The molecular weight excluding hydrogens is 282 g/mol. The van der Waals surface area contributed by atoms with E-state index in [2.05, 4.69) is 4.72 Å². The Morgan fingerprint density at radius 3 is 2.43 bits per heavy atom. The number of nitrogens with one attached hydrogen (secondary N) is 1. The van der Waals surface area contributed by atoms with Crippen LogP contribution in [0.25, 0.3) is 0 Å². The van der Waals surface area contributed by atoms with Crippen LogP contribution in [0.1, 0.15) is 29.5 Å². The number of hydrogen-bond acceptors (Lipinski definition) is 2. The highest BCUT2D eigenvalue weighted by atomic mass is 32.2. The maximum Gasteiger partial charge on any atom is 0.215 e. The minimum atomic E-state index is -3.30. The smallest absolute Gasteiger partial charge is 0.214 e. The maximum absolute atomic E-state index is 12.1. The fraction of sp³-hybridized carbons (Fsp3) is 0.294. The van der Waals surface area contributed by atoms with Gasteiger partial charge >= 0.3 is 0 Å². The summed E-state index contributed by atoms with van der Waals surface area (Å²) in [6, 6.07) is 17.5. The van der Waals surface area contributed by atoms with Crippen molar-refractivity contribution in [1.29, 1.82) is 0 Å². The van der Waals surface area contributed by atoms with Crippen LogP contribution in [0.5, 0.6) is 0 Å².